The minimum atomic E-state index is -0.722. The van der Waals surface area contributed by atoms with Crippen molar-refractivity contribution in [1.82, 2.24) is 10.2 Å². The van der Waals surface area contributed by atoms with Crippen LogP contribution in [0.2, 0.25) is 0 Å². The third-order valence-corrected chi connectivity index (χ3v) is 6.02. The van der Waals surface area contributed by atoms with E-state index < -0.39 is 6.04 Å². The molecule has 1 atom stereocenters. The van der Waals surface area contributed by atoms with Gasteiger partial charge >= 0.3 is 0 Å². The molecule has 2 N–H and O–H groups in total. The number of benzene rings is 2. The van der Waals surface area contributed by atoms with Crippen molar-refractivity contribution in [3.05, 3.63) is 59.2 Å². The van der Waals surface area contributed by atoms with Crippen molar-refractivity contribution in [2.24, 2.45) is 0 Å². The monoisotopic (exact) mass is 420 g/mol. The van der Waals surface area contributed by atoms with Gasteiger partial charge in [0.05, 0.1) is 11.3 Å². The summed E-state index contributed by atoms with van der Waals surface area (Å²) >= 11 is 0. The van der Waals surface area contributed by atoms with Gasteiger partial charge in [-0.3, -0.25) is 14.4 Å². The first kappa shape index (κ1) is 20.9. The zero-order valence-corrected chi connectivity index (χ0v) is 18.0. The molecule has 1 saturated heterocycles. The van der Waals surface area contributed by atoms with Crippen molar-refractivity contribution in [3.63, 3.8) is 0 Å². The fourth-order valence-corrected chi connectivity index (χ4v) is 4.30. The summed E-state index contributed by atoms with van der Waals surface area (Å²) in [5.74, 6) is -0.566. The maximum atomic E-state index is 12.8. The molecule has 1 unspecified atom stereocenters. The molecule has 0 aliphatic carbocycles. The average Bonchev–Trinajstić information content (AvgIpc) is 2.88. The van der Waals surface area contributed by atoms with E-state index >= 15 is 0 Å². The highest BCUT2D eigenvalue weighted by atomic mass is 16.2. The summed E-state index contributed by atoms with van der Waals surface area (Å²) in [4.78, 5) is 41.9. The smallest absolute Gasteiger partial charge is 0.254 e. The van der Waals surface area contributed by atoms with Gasteiger partial charge in [0, 0.05) is 38.3 Å². The van der Waals surface area contributed by atoms with E-state index in [0.29, 0.717) is 24.3 Å². The van der Waals surface area contributed by atoms with Crippen molar-refractivity contribution in [3.8, 4) is 0 Å². The molecular weight excluding hydrogens is 392 g/mol. The summed E-state index contributed by atoms with van der Waals surface area (Å²) in [5.41, 5.74) is 4.65. The lowest BCUT2D eigenvalue weighted by Gasteiger charge is -2.37. The summed E-state index contributed by atoms with van der Waals surface area (Å²) in [5, 5.41) is 5.54. The van der Waals surface area contributed by atoms with Crippen LogP contribution in [-0.4, -0.2) is 54.8 Å². The number of carbonyl (C=O) groups is 3. The molecule has 2 aromatic carbocycles. The molecule has 2 heterocycles. The molecule has 0 aromatic heterocycles. The number of amides is 3. The van der Waals surface area contributed by atoms with Crippen LogP contribution in [0.4, 0.5) is 11.4 Å². The Labute approximate surface area is 182 Å². The Kier molecular flexibility index (Phi) is 5.93. The first-order chi connectivity index (χ1) is 14.9. The van der Waals surface area contributed by atoms with E-state index in [1.165, 1.54) is 16.8 Å². The second-order valence-corrected chi connectivity index (χ2v) is 8.26. The predicted octanol–water partition coefficient (Wildman–Crippen LogP) is 2.48. The number of aryl methyl sites for hydroxylation is 2. The molecule has 0 saturated carbocycles. The van der Waals surface area contributed by atoms with Gasteiger partial charge in [0.15, 0.2) is 0 Å². The summed E-state index contributed by atoms with van der Waals surface area (Å²) in [6.07, 6.45) is 0.500. The van der Waals surface area contributed by atoms with E-state index in [4.69, 9.17) is 0 Å². The number of carbonyl (C=O) groups excluding carboxylic acids is 3. The Morgan fingerprint density at radius 2 is 1.77 bits per heavy atom. The number of hydrogen-bond donors (Lipinski definition) is 2. The summed E-state index contributed by atoms with van der Waals surface area (Å²) < 4.78 is 0. The first-order valence-corrected chi connectivity index (χ1v) is 10.7. The van der Waals surface area contributed by atoms with E-state index in [0.717, 1.165) is 13.1 Å². The van der Waals surface area contributed by atoms with Gasteiger partial charge in [-0.2, -0.15) is 0 Å². The molecule has 0 spiro atoms. The van der Waals surface area contributed by atoms with Crippen molar-refractivity contribution < 1.29 is 14.4 Å². The lowest BCUT2D eigenvalue weighted by Crippen LogP contribution is -2.49. The molecule has 7 heteroatoms. The molecule has 162 valence electrons. The highest BCUT2D eigenvalue weighted by molar-refractivity contribution is 6.09. The Hall–Kier alpha value is -3.35. The normalized spacial score (nSPS) is 18.7. The van der Waals surface area contributed by atoms with Gasteiger partial charge in [-0.25, -0.2) is 0 Å². The van der Waals surface area contributed by atoms with Gasteiger partial charge in [-0.15, -0.1) is 0 Å². The number of nitrogens with zero attached hydrogens (tertiary/aromatic N) is 2. The lowest BCUT2D eigenvalue weighted by molar-refractivity contribution is -0.131. The van der Waals surface area contributed by atoms with Crippen LogP contribution in [0.3, 0.4) is 0 Å². The van der Waals surface area contributed by atoms with Crippen molar-refractivity contribution in [2.75, 3.05) is 36.4 Å². The molecule has 4 rings (SSSR count). The summed E-state index contributed by atoms with van der Waals surface area (Å²) in [7, 11) is 0. The minimum absolute atomic E-state index is 0.0177. The quantitative estimate of drug-likeness (QED) is 0.796. The molecule has 0 bridgehead atoms. The number of para-hydroxylation sites is 1. The number of rotatable bonds is 4. The average molecular weight is 421 g/mol. The molecule has 3 amide bonds. The van der Waals surface area contributed by atoms with Crippen LogP contribution in [0, 0.1) is 13.8 Å². The number of anilines is 2. The molecule has 2 aromatic rings. The third kappa shape index (κ3) is 4.55. The molecular formula is C24H28N4O3. The van der Waals surface area contributed by atoms with Crippen LogP contribution in [-0.2, 0) is 9.59 Å². The molecule has 1 fully saturated rings. The second kappa shape index (κ2) is 8.79. The van der Waals surface area contributed by atoms with E-state index in [2.05, 4.69) is 47.6 Å². The highest BCUT2D eigenvalue weighted by Crippen LogP contribution is 2.23. The van der Waals surface area contributed by atoms with Crippen LogP contribution >= 0.6 is 0 Å². The molecule has 0 radical (unpaired) electrons. The fraction of sp³-hybridized carbons (Fsp3) is 0.375. The van der Waals surface area contributed by atoms with Gasteiger partial charge in [-0.1, -0.05) is 29.8 Å². The van der Waals surface area contributed by atoms with Crippen LogP contribution < -0.4 is 15.5 Å². The minimum Gasteiger partial charge on any atom is -0.368 e. The number of fused-ring (bicyclic) bond motifs is 1. The Morgan fingerprint density at radius 3 is 2.52 bits per heavy atom. The summed E-state index contributed by atoms with van der Waals surface area (Å²) in [6, 6.07) is 12.6. The van der Waals surface area contributed by atoms with Gasteiger partial charge in [0.25, 0.3) is 5.91 Å². The van der Waals surface area contributed by atoms with E-state index in [1.54, 1.807) is 24.3 Å². The number of piperazine rings is 1. The van der Waals surface area contributed by atoms with Crippen LogP contribution in [0.15, 0.2) is 42.5 Å². The number of hydrogen-bond acceptors (Lipinski definition) is 4. The molecule has 2 aliphatic heterocycles. The van der Waals surface area contributed by atoms with Gasteiger partial charge in [0.2, 0.25) is 11.8 Å². The van der Waals surface area contributed by atoms with Crippen molar-refractivity contribution in [2.45, 2.75) is 32.7 Å². The predicted molar refractivity (Wildman–Crippen MR) is 120 cm³/mol. The van der Waals surface area contributed by atoms with Crippen LogP contribution in [0.5, 0.6) is 0 Å². The third-order valence-electron chi connectivity index (χ3n) is 6.02. The zero-order chi connectivity index (χ0) is 22.0. The lowest BCUT2D eigenvalue weighted by atomic mass is 10.1. The SMILES string of the molecule is Cc1ccc(N2CCN(C(=O)CCC3NC(=O)c4ccccc4NC3=O)CC2)c(C)c1. The molecule has 7 nitrogen and oxygen atoms in total. The maximum absolute atomic E-state index is 12.8. The Balaban J connectivity index is 1.31. The largest absolute Gasteiger partial charge is 0.368 e. The van der Waals surface area contributed by atoms with Crippen LogP contribution in [0.1, 0.15) is 34.3 Å². The zero-order valence-electron chi connectivity index (χ0n) is 18.0. The standard InChI is InChI=1S/C24H28N4O3/c1-16-7-9-21(17(2)15-16)27-11-13-28(14-12-27)22(29)10-8-20-24(31)25-19-6-4-3-5-18(19)23(30)26-20/h3-7,9,15,20H,8,10-14H2,1-2H3,(H,25,31)(H,26,30). The van der Waals surface area contributed by atoms with Crippen molar-refractivity contribution in [1.29, 1.82) is 0 Å². The maximum Gasteiger partial charge on any atom is 0.254 e. The van der Waals surface area contributed by atoms with Crippen LogP contribution in [0.25, 0.3) is 0 Å². The van der Waals surface area contributed by atoms with Gasteiger partial charge in [-0.05, 0) is 44.0 Å². The first-order valence-electron chi connectivity index (χ1n) is 10.7. The second-order valence-electron chi connectivity index (χ2n) is 8.26. The van der Waals surface area contributed by atoms with Gasteiger partial charge < -0.3 is 20.4 Å². The van der Waals surface area contributed by atoms with Crippen molar-refractivity contribution >= 4 is 29.1 Å². The molecule has 31 heavy (non-hydrogen) atoms. The topological polar surface area (TPSA) is 81.8 Å². The Bertz CT molecular complexity index is 1010. The van der Waals surface area contributed by atoms with E-state index in [9.17, 15) is 14.4 Å². The number of nitrogens with one attached hydrogen (secondary N) is 2. The highest BCUT2D eigenvalue weighted by Gasteiger charge is 2.29. The Morgan fingerprint density at radius 1 is 1.03 bits per heavy atom. The summed E-state index contributed by atoms with van der Waals surface area (Å²) in [6.45, 7) is 7.08. The van der Waals surface area contributed by atoms with E-state index in [-0.39, 0.29) is 30.6 Å². The van der Waals surface area contributed by atoms with E-state index in [1.807, 2.05) is 4.90 Å². The van der Waals surface area contributed by atoms with Gasteiger partial charge in [0.1, 0.15) is 6.04 Å². The fourth-order valence-electron chi connectivity index (χ4n) is 4.30. The molecule has 2 aliphatic rings.